The Balaban J connectivity index is 1.74. The number of hydrogen-bond donors (Lipinski definition) is 2. The standard InChI is InChI=1S/C19H21N5OS/c1-3-24(2)16-9-6-8-15(11-16)22-18(25)17-10-5-4-7-14(17)12-26-19-20-13-21-23-19/h4-11,13H,3,12H2,1-2H3,(H,22,25)(H,20,21,23). The van der Waals surface area contributed by atoms with Gasteiger partial charge in [0.25, 0.3) is 5.91 Å². The summed E-state index contributed by atoms with van der Waals surface area (Å²) in [4.78, 5) is 19.0. The van der Waals surface area contributed by atoms with Gasteiger partial charge in [0.15, 0.2) is 5.16 Å². The van der Waals surface area contributed by atoms with Crippen LogP contribution in [0.3, 0.4) is 0 Å². The highest BCUT2D eigenvalue weighted by molar-refractivity contribution is 7.98. The van der Waals surface area contributed by atoms with Crippen LogP contribution < -0.4 is 10.2 Å². The minimum atomic E-state index is -0.116. The molecule has 3 rings (SSSR count). The molecule has 0 bridgehead atoms. The highest BCUT2D eigenvalue weighted by Gasteiger charge is 2.12. The van der Waals surface area contributed by atoms with E-state index >= 15 is 0 Å². The van der Waals surface area contributed by atoms with Crippen LogP contribution in [-0.4, -0.2) is 34.7 Å². The van der Waals surface area contributed by atoms with Crippen molar-refractivity contribution in [2.24, 2.45) is 0 Å². The van der Waals surface area contributed by atoms with Gasteiger partial charge in [-0.15, -0.1) is 0 Å². The molecule has 0 saturated heterocycles. The Morgan fingerprint density at radius 2 is 2.08 bits per heavy atom. The Morgan fingerprint density at radius 1 is 1.23 bits per heavy atom. The zero-order valence-corrected chi connectivity index (χ0v) is 15.6. The van der Waals surface area contributed by atoms with E-state index in [2.05, 4.69) is 32.3 Å². The molecular formula is C19H21N5OS. The summed E-state index contributed by atoms with van der Waals surface area (Å²) in [5, 5.41) is 10.4. The topological polar surface area (TPSA) is 73.9 Å². The molecule has 0 aliphatic carbocycles. The number of hydrogen-bond acceptors (Lipinski definition) is 5. The second-order valence-corrected chi connectivity index (χ2v) is 6.72. The lowest BCUT2D eigenvalue weighted by Crippen LogP contribution is -2.17. The number of benzene rings is 2. The van der Waals surface area contributed by atoms with Crippen LogP contribution in [0.2, 0.25) is 0 Å². The maximum Gasteiger partial charge on any atom is 0.255 e. The number of carbonyl (C=O) groups is 1. The van der Waals surface area contributed by atoms with Crippen LogP contribution >= 0.6 is 11.8 Å². The van der Waals surface area contributed by atoms with Gasteiger partial charge in [0.2, 0.25) is 0 Å². The number of aromatic nitrogens is 3. The zero-order valence-electron chi connectivity index (χ0n) is 14.8. The first-order valence-corrected chi connectivity index (χ1v) is 9.34. The van der Waals surface area contributed by atoms with E-state index in [4.69, 9.17) is 0 Å². The molecule has 134 valence electrons. The number of carbonyl (C=O) groups excluding carboxylic acids is 1. The molecule has 0 saturated carbocycles. The van der Waals surface area contributed by atoms with Crippen molar-refractivity contribution in [1.29, 1.82) is 0 Å². The first-order valence-electron chi connectivity index (χ1n) is 8.36. The van der Waals surface area contributed by atoms with Crippen LogP contribution in [-0.2, 0) is 5.75 Å². The fraction of sp³-hybridized carbons (Fsp3) is 0.211. The Hall–Kier alpha value is -2.80. The van der Waals surface area contributed by atoms with Crippen molar-refractivity contribution in [3.8, 4) is 0 Å². The first kappa shape index (κ1) is 18.0. The van der Waals surface area contributed by atoms with Crippen LogP contribution in [0.4, 0.5) is 11.4 Å². The lowest BCUT2D eigenvalue weighted by molar-refractivity contribution is 0.102. The lowest BCUT2D eigenvalue weighted by atomic mass is 10.1. The summed E-state index contributed by atoms with van der Waals surface area (Å²) in [5.74, 6) is 0.521. The first-order chi connectivity index (χ1) is 12.7. The van der Waals surface area contributed by atoms with Crippen LogP contribution in [0, 0.1) is 0 Å². The van der Waals surface area contributed by atoms with Gasteiger partial charge < -0.3 is 10.2 Å². The van der Waals surface area contributed by atoms with Gasteiger partial charge in [-0.2, -0.15) is 5.10 Å². The van der Waals surface area contributed by atoms with Crippen LogP contribution in [0.15, 0.2) is 60.0 Å². The van der Waals surface area contributed by atoms with Crippen molar-refractivity contribution in [2.75, 3.05) is 23.8 Å². The van der Waals surface area contributed by atoms with E-state index in [9.17, 15) is 4.79 Å². The zero-order chi connectivity index (χ0) is 18.4. The summed E-state index contributed by atoms with van der Waals surface area (Å²) in [6.07, 6.45) is 1.47. The van der Waals surface area contributed by atoms with Gasteiger partial charge in [0.1, 0.15) is 6.33 Å². The molecule has 2 aromatic carbocycles. The monoisotopic (exact) mass is 367 g/mol. The van der Waals surface area contributed by atoms with Gasteiger partial charge in [-0.25, -0.2) is 4.98 Å². The maximum atomic E-state index is 12.8. The van der Waals surface area contributed by atoms with E-state index in [1.54, 1.807) is 0 Å². The second-order valence-electron chi connectivity index (χ2n) is 5.76. The molecule has 2 N–H and O–H groups in total. The van der Waals surface area contributed by atoms with Crippen LogP contribution in [0.1, 0.15) is 22.8 Å². The molecular weight excluding hydrogens is 346 g/mol. The fourth-order valence-corrected chi connectivity index (χ4v) is 3.26. The van der Waals surface area contributed by atoms with E-state index in [-0.39, 0.29) is 5.91 Å². The van der Waals surface area contributed by atoms with Crippen molar-refractivity contribution in [3.63, 3.8) is 0 Å². The van der Waals surface area contributed by atoms with E-state index < -0.39 is 0 Å². The summed E-state index contributed by atoms with van der Waals surface area (Å²) in [6, 6.07) is 15.5. The normalized spacial score (nSPS) is 10.5. The quantitative estimate of drug-likeness (QED) is 0.621. The van der Waals surface area contributed by atoms with E-state index in [0.717, 1.165) is 28.6 Å². The van der Waals surface area contributed by atoms with Crippen molar-refractivity contribution in [3.05, 3.63) is 66.0 Å². The highest BCUT2D eigenvalue weighted by atomic mass is 32.2. The Morgan fingerprint density at radius 3 is 2.85 bits per heavy atom. The number of H-pyrrole nitrogens is 1. The van der Waals surface area contributed by atoms with Crippen LogP contribution in [0.5, 0.6) is 0 Å². The van der Waals surface area contributed by atoms with Crippen LogP contribution in [0.25, 0.3) is 0 Å². The minimum Gasteiger partial charge on any atom is -0.375 e. The van der Waals surface area contributed by atoms with Crippen molar-refractivity contribution in [1.82, 2.24) is 15.2 Å². The summed E-state index contributed by atoms with van der Waals surface area (Å²) in [6.45, 7) is 2.99. The number of nitrogens with zero attached hydrogens (tertiary/aromatic N) is 3. The summed E-state index contributed by atoms with van der Waals surface area (Å²) in [7, 11) is 2.02. The molecule has 1 aromatic heterocycles. The largest absolute Gasteiger partial charge is 0.375 e. The smallest absolute Gasteiger partial charge is 0.255 e. The second kappa shape index (κ2) is 8.53. The minimum absolute atomic E-state index is 0.116. The number of anilines is 2. The van der Waals surface area contributed by atoms with Gasteiger partial charge in [-0.1, -0.05) is 36.0 Å². The molecule has 3 aromatic rings. The van der Waals surface area contributed by atoms with Crippen molar-refractivity contribution < 1.29 is 4.79 Å². The third-order valence-corrected chi connectivity index (χ3v) is 4.96. The summed E-state index contributed by atoms with van der Waals surface area (Å²) >= 11 is 1.51. The van der Waals surface area contributed by atoms with Gasteiger partial charge >= 0.3 is 0 Å². The van der Waals surface area contributed by atoms with Gasteiger partial charge in [-0.05, 0) is 36.8 Å². The Bertz CT molecular complexity index is 866. The molecule has 7 heteroatoms. The van der Waals surface area contributed by atoms with Crippen molar-refractivity contribution >= 4 is 29.0 Å². The predicted molar refractivity (Wildman–Crippen MR) is 106 cm³/mol. The average molecular weight is 367 g/mol. The lowest BCUT2D eigenvalue weighted by Gasteiger charge is -2.18. The molecule has 26 heavy (non-hydrogen) atoms. The third kappa shape index (κ3) is 4.43. The number of thioether (sulfide) groups is 1. The van der Waals surface area contributed by atoms with E-state index in [0.29, 0.717) is 11.3 Å². The SMILES string of the molecule is CCN(C)c1cccc(NC(=O)c2ccccc2CSc2ncn[nH]2)c1. The van der Waals surface area contributed by atoms with Crippen molar-refractivity contribution in [2.45, 2.75) is 17.8 Å². The fourth-order valence-electron chi connectivity index (χ4n) is 2.48. The number of amides is 1. The highest BCUT2D eigenvalue weighted by Crippen LogP contribution is 2.23. The molecule has 0 unspecified atom stereocenters. The third-order valence-electron chi connectivity index (χ3n) is 4.04. The molecule has 1 heterocycles. The molecule has 1 amide bonds. The molecule has 0 spiro atoms. The molecule has 0 atom stereocenters. The molecule has 0 fully saturated rings. The summed E-state index contributed by atoms with van der Waals surface area (Å²) in [5.41, 5.74) is 3.46. The molecule has 0 radical (unpaired) electrons. The van der Waals surface area contributed by atoms with E-state index in [1.807, 2.05) is 55.6 Å². The average Bonchev–Trinajstić information content (AvgIpc) is 3.19. The number of aromatic amines is 1. The Kier molecular flexibility index (Phi) is 5.91. The molecule has 6 nitrogen and oxygen atoms in total. The van der Waals surface area contributed by atoms with Gasteiger partial charge in [-0.3, -0.25) is 9.89 Å². The van der Waals surface area contributed by atoms with Gasteiger partial charge in [0.05, 0.1) is 0 Å². The maximum absolute atomic E-state index is 12.8. The van der Waals surface area contributed by atoms with Gasteiger partial charge in [0, 0.05) is 36.3 Å². The Labute approximate surface area is 157 Å². The number of nitrogens with one attached hydrogen (secondary N) is 2. The molecule has 0 aliphatic rings. The molecule has 0 aliphatic heterocycles. The predicted octanol–water partition coefficient (Wildman–Crippen LogP) is 3.81. The number of rotatable bonds is 7. The van der Waals surface area contributed by atoms with E-state index in [1.165, 1.54) is 18.1 Å². The summed E-state index contributed by atoms with van der Waals surface area (Å²) < 4.78 is 0.